The summed E-state index contributed by atoms with van der Waals surface area (Å²) in [7, 11) is 4.63. The number of amides is 1. The van der Waals surface area contributed by atoms with E-state index in [1.165, 1.54) is 7.11 Å². The number of hydrogen-bond donors (Lipinski definition) is 0. The molecule has 7 nitrogen and oxygen atoms in total. The summed E-state index contributed by atoms with van der Waals surface area (Å²) < 4.78 is 21.0. The van der Waals surface area contributed by atoms with Crippen molar-refractivity contribution in [2.24, 2.45) is 5.92 Å². The Labute approximate surface area is 160 Å². The van der Waals surface area contributed by atoms with Crippen molar-refractivity contribution in [3.8, 4) is 17.2 Å². The molecule has 1 aliphatic carbocycles. The molecule has 0 atom stereocenters. The molecule has 1 saturated carbocycles. The Balaban J connectivity index is 2.09. The molecule has 0 aromatic heterocycles. The summed E-state index contributed by atoms with van der Waals surface area (Å²) in [6, 6.07) is 3.56. The SMILES string of the molecule is CCOC(=O)CCN(CC1CC1)C(=O)Cc1cc(OC)c(OC)c(OC)c1. The van der Waals surface area contributed by atoms with Crippen LogP contribution in [0, 0.1) is 5.92 Å². The lowest BCUT2D eigenvalue weighted by molar-refractivity contribution is -0.144. The molecule has 1 aliphatic rings. The van der Waals surface area contributed by atoms with E-state index < -0.39 is 0 Å². The Morgan fingerprint density at radius 2 is 1.70 bits per heavy atom. The molecule has 150 valence electrons. The maximum absolute atomic E-state index is 12.9. The number of ether oxygens (including phenoxy) is 4. The van der Waals surface area contributed by atoms with E-state index >= 15 is 0 Å². The highest BCUT2D eigenvalue weighted by molar-refractivity contribution is 5.80. The molecule has 0 aliphatic heterocycles. The number of nitrogens with zero attached hydrogens (tertiary/aromatic N) is 1. The first-order valence-corrected chi connectivity index (χ1v) is 9.24. The number of methoxy groups -OCH3 is 3. The number of benzene rings is 1. The molecule has 1 amide bonds. The van der Waals surface area contributed by atoms with E-state index in [0.717, 1.165) is 18.4 Å². The molecule has 0 radical (unpaired) electrons. The van der Waals surface area contributed by atoms with Crippen LogP contribution in [0.2, 0.25) is 0 Å². The van der Waals surface area contributed by atoms with Gasteiger partial charge in [0.2, 0.25) is 11.7 Å². The Hall–Kier alpha value is -2.44. The van der Waals surface area contributed by atoms with Crippen LogP contribution in [0.4, 0.5) is 0 Å². The fraction of sp³-hybridized carbons (Fsp3) is 0.600. The van der Waals surface area contributed by atoms with Crippen LogP contribution in [0.3, 0.4) is 0 Å². The summed E-state index contributed by atoms with van der Waals surface area (Å²) in [6.45, 7) is 3.18. The lowest BCUT2D eigenvalue weighted by Gasteiger charge is -2.23. The predicted molar refractivity (Wildman–Crippen MR) is 100 cm³/mol. The average molecular weight is 379 g/mol. The largest absolute Gasteiger partial charge is 0.493 e. The van der Waals surface area contributed by atoms with Crippen molar-refractivity contribution in [1.29, 1.82) is 0 Å². The monoisotopic (exact) mass is 379 g/mol. The number of rotatable bonds is 11. The maximum Gasteiger partial charge on any atom is 0.307 e. The third kappa shape index (κ3) is 6.05. The first kappa shape index (κ1) is 20.9. The van der Waals surface area contributed by atoms with E-state index in [9.17, 15) is 9.59 Å². The van der Waals surface area contributed by atoms with Gasteiger partial charge >= 0.3 is 5.97 Å². The Kier molecular flexibility index (Phi) is 7.76. The summed E-state index contributed by atoms with van der Waals surface area (Å²) in [5.41, 5.74) is 0.770. The second-order valence-electron chi connectivity index (χ2n) is 6.55. The van der Waals surface area contributed by atoms with Gasteiger partial charge in [-0.15, -0.1) is 0 Å². The highest BCUT2D eigenvalue weighted by atomic mass is 16.5. The van der Waals surface area contributed by atoms with Crippen molar-refractivity contribution >= 4 is 11.9 Å². The van der Waals surface area contributed by atoms with E-state index in [0.29, 0.717) is 42.9 Å². The van der Waals surface area contributed by atoms with Crippen LogP contribution in [0.1, 0.15) is 31.7 Å². The van der Waals surface area contributed by atoms with Gasteiger partial charge in [0, 0.05) is 13.1 Å². The second kappa shape index (κ2) is 10.0. The van der Waals surface area contributed by atoms with Gasteiger partial charge in [0.05, 0.1) is 40.8 Å². The highest BCUT2D eigenvalue weighted by Gasteiger charge is 2.27. The summed E-state index contributed by atoms with van der Waals surface area (Å²) in [6.07, 6.45) is 2.68. The number of hydrogen-bond acceptors (Lipinski definition) is 6. The molecule has 1 fully saturated rings. The van der Waals surface area contributed by atoms with Crippen LogP contribution in [-0.4, -0.2) is 57.8 Å². The minimum Gasteiger partial charge on any atom is -0.493 e. The van der Waals surface area contributed by atoms with Crippen LogP contribution in [0.25, 0.3) is 0 Å². The third-order valence-electron chi connectivity index (χ3n) is 4.50. The Morgan fingerprint density at radius 1 is 1.07 bits per heavy atom. The molecule has 0 bridgehead atoms. The van der Waals surface area contributed by atoms with Gasteiger partial charge in [0.15, 0.2) is 11.5 Å². The minimum absolute atomic E-state index is 0.0273. The summed E-state index contributed by atoms with van der Waals surface area (Å²) in [5, 5.41) is 0. The van der Waals surface area contributed by atoms with Gasteiger partial charge in [-0.25, -0.2) is 0 Å². The van der Waals surface area contributed by atoms with Crippen molar-refractivity contribution in [2.45, 2.75) is 32.6 Å². The van der Waals surface area contributed by atoms with E-state index in [4.69, 9.17) is 18.9 Å². The van der Waals surface area contributed by atoms with Crippen molar-refractivity contribution in [3.05, 3.63) is 17.7 Å². The minimum atomic E-state index is -0.279. The molecule has 2 rings (SSSR count). The first-order valence-electron chi connectivity index (χ1n) is 9.24. The molecule has 0 spiro atoms. The van der Waals surface area contributed by atoms with E-state index in [2.05, 4.69) is 0 Å². The zero-order valence-electron chi connectivity index (χ0n) is 16.6. The maximum atomic E-state index is 12.9. The van der Waals surface area contributed by atoms with Crippen LogP contribution in [0.5, 0.6) is 17.2 Å². The number of carbonyl (C=O) groups excluding carboxylic acids is 2. The van der Waals surface area contributed by atoms with E-state index in [1.54, 1.807) is 38.2 Å². The van der Waals surface area contributed by atoms with Crippen molar-refractivity contribution in [1.82, 2.24) is 4.90 Å². The average Bonchev–Trinajstić information content (AvgIpc) is 3.48. The molecule has 7 heteroatoms. The van der Waals surface area contributed by atoms with Crippen LogP contribution >= 0.6 is 0 Å². The second-order valence-corrected chi connectivity index (χ2v) is 6.55. The third-order valence-corrected chi connectivity index (χ3v) is 4.50. The molecule has 0 saturated heterocycles. The van der Waals surface area contributed by atoms with Gasteiger partial charge < -0.3 is 23.8 Å². The van der Waals surface area contributed by atoms with Gasteiger partial charge in [-0.3, -0.25) is 9.59 Å². The molecule has 0 unspecified atom stereocenters. The zero-order valence-corrected chi connectivity index (χ0v) is 16.6. The molecular formula is C20H29NO6. The topological polar surface area (TPSA) is 74.3 Å². The van der Waals surface area contributed by atoms with Crippen molar-refractivity contribution in [3.63, 3.8) is 0 Å². The normalized spacial score (nSPS) is 13.0. The first-order chi connectivity index (χ1) is 13.0. The summed E-state index contributed by atoms with van der Waals surface area (Å²) >= 11 is 0. The molecule has 0 N–H and O–H groups in total. The standard InChI is InChI=1S/C20H29NO6/c1-5-27-19(23)8-9-21(13-14-6-7-14)18(22)12-15-10-16(24-2)20(26-4)17(11-15)25-3/h10-11,14H,5-9,12-13H2,1-4H3. The zero-order chi connectivity index (χ0) is 19.8. The lowest BCUT2D eigenvalue weighted by atomic mass is 10.1. The smallest absolute Gasteiger partial charge is 0.307 e. The lowest BCUT2D eigenvalue weighted by Crippen LogP contribution is -2.36. The van der Waals surface area contributed by atoms with Crippen molar-refractivity contribution in [2.75, 3.05) is 41.0 Å². The quantitative estimate of drug-likeness (QED) is 0.550. The Bertz CT molecular complexity index is 631. The molecule has 1 aromatic rings. The van der Waals surface area contributed by atoms with Crippen LogP contribution in [0.15, 0.2) is 12.1 Å². The van der Waals surface area contributed by atoms with Crippen LogP contribution < -0.4 is 14.2 Å². The van der Waals surface area contributed by atoms with Gasteiger partial charge in [0.1, 0.15) is 0 Å². The summed E-state index contributed by atoms with van der Waals surface area (Å²) in [5.74, 6) is 1.75. The molecule has 1 aromatic carbocycles. The van der Waals surface area contributed by atoms with Crippen LogP contribution in [-0.2, 0) is 20.7 Å². The number of esters is 1. The predicted octanol–water partition coefficient (Wildman–Crippen LogP) is 2.45. The molecular weight excluding hydrogens is 350 g/mol. The molecule has 27 heavy (non-hydrogen) atoms. The fourth-order valence-corrected chi connectivity index (χ4v) is 2.91. The Morgan fingerprint density at radius 3 is 2.19 bits per heavy atom. The van der Waals surface area contributed by atoms with E-state index in [-0.39, 0.29) is 24.7 Å². The van der Waals surface area contributed by atoms with Gasteiger partial charge in [-0.2, -0.15) is 0 Å². The number of carbonyl (C=O) groups is 2. The van der Waals surface area contributed by atoms with Gasteiger partial charge in [-0.1, -0.05) is 0 Å². The van der Waals surface area contributed by atoms with Crippen molar-refractivity contribution < 1.29 is 28.5 Å². The fourth-order valence-electron chi connectivity index (χ4n) is 2.91. The van der Waals surface area contributed by atoms with Gasteiger partial charge in [-0.05, 0) is 43.4 Å². The van der Waals surface area contributed by atoms with E-state index in [1.807, 2.05) is 0 Å². The highest BCUT2D eigenvalue weighted by Crippen LogP contribution is 2.38. The van der Waals surface area contributed by atoms with Gasteiger partial charge in [0.25, 0.3) is 0 Å². The summed E-state index contributed by atoms with van der Waals surface area (Å²) in [4.78, 5) is 26.3. The molecule has 0 heterocycles.